The Morgan fingerprint density at radius 3 is 1.98 bits per heavy atom. The van der Waals surface area contributed by atoms with Crippen molar-refractivity contribution in [3.8, 4) is 28.3 Å². The van der Waals surface area contributed by atoms with Gasteiger partial charge in [0.2, 0.25) is 0 Å². The van der Waals surface area contributed by atoms with Crippen LogP contribution in [0.1, 0.15) is 0 Å². The largest absolute Gasteiger partial charge is 0.455 e. The first-order valence-corrected chi connectivity index (χ1v) is 18.6. The zero-order chi connectivity index (χ0) is 34.6. The molecule has 0 bridgehead atoms. The lowest BCUT2D eigenvalue weighted by Crippen LogP contribution is -1.98. The van der Waals surface area contributed by atoms with Gasteiger partial charge in [0.25, 0.3) is 0 Å². The second-order valence-corrected chi connectivity index (χ2v) is 14.8. The molecule has 0 aliphatic carbocycles. The molecule has 4 nitrogen and oxygen atoms in total. The van der Waals surface area contributed by atoms with Crippen LogP contribution in [0.3, 0.4) is 0 Å². The van der Waals surface area contributed by atoms with Crippen LogP contribution >= 0.6 is 11.3 Å². The molecule has 0 N–H and O–H groups in total. The minimum absolute atomic E-state index is 0.647. The monoisotopic (exact) mass is 693 g/mol. The van der Waals surface area contributed by atoms with Gasteiger partial charge in [-0.25, -0.2) is 9.97 Å². The van der Waals surface area contributed by atoms with Crippen LogP contribution in [0.25, 0.3) is 114 Å². The van der Waals surface area contributed by atoms with Crippen molar-refractivity contribution in [3.63, 3.8) is 0 Å². The standard InChI is InChI=1S/C48H27N3OS/c1-2-12-28(13-3-1)44-47-45(34-19-9-11-21-42(34)53-47)50-48(49-44)35-22-23-39(43-37-25-30-15-5-7-17-32(30)27-41(37)52-46(35)43)51-38-20-10-8-18-33(38)36-24-29-14-4-6-16-31(29)26-40(36)51/h1-27H. The van der Waals surface area contributed by atoms with Crippen LogP contribution in [0.2, 0.25) is 0 Å². The molecule has 0 aliphatic heterocycles. The summed E-state index contributed by atoms with van der Waals surface area (Å²) < 4.78 is 11.7. The van der Waals surface area contributed by atoms with Gasteiger partial charge in [0.05, 0.1) is 43.6 Å². The molecule has 4 heterocycles. The summed E-state index contributed by atoms with van der Waals surface area (Å²) in [5, 5.41) is 10.4. The highest BCUT2D eigenvalue weighted by atomic mass is 32.1. The molecule has 246 valence electrons. The van der Waals surface area contributed by atoms with E-state index in [1.165, 1.54) is 31.6 Å². The van der Waals surface area contributed by atoms with Crippen molar-refractivity contribution in [2.75, 3.05) is 0 Å². The zero-order valence-corrected chi connectivity index (χ0v) is 29.1. The predicted molar refractivity (Wildman–Crippen MR) is 222 cm³/mol. The maximum atomic E-state index is 7.02. The second kappa shape index (κ2) is 10.8. The Balaban J connectivity index is 1.23. The van der Waals surface area contributed by atoms with Crippen molar-refractivity contribution in [2.24, 2.45) is 0 Å². The minimum Gasteiger partial charge on any atom is -0.455 e. The number of para-hydroxylation sites is 1. The molecule has 0 spiro atoms. The average molecular weight is 694 g/mol. The fourth-order valence-electron chi connectivity index (χ4n) is 8.33. The number of benzene rings is 8. The molecule has 4 aromatic heterocycles. The number of aromatic nitrogens is 3. The average Bonchev–Trinajstić information content (AvgIpc) is 3.88. The van der Waals surface area contributed by atoms with Gasteiger partial charge in [0, 0.05) is 31.8 Å². The van der Waals surface area contributed by atoms with Crippen LogP contribution < -0.4 is 0 Å². The summed E-state index contributed by atoms with van der Waals surface area (Å²) in [5.74, 6) is 0.647. The summed E-state index contributed by atoms with van der Waals surface area (Å²) in [7, 11) is 0. The van der Waals surface area contributed by atoms with E-state index in [-0.39, 0.29) is 0 Å². The lowest BCUT2D eigenvalue weighted by Gasteiger charge is -2.13. The number of hydrogen-bond donors (Lipinski definition) is 0. The first-order chi connectivity index (χ1) is 26.3. The summed E-state index contributed by atoms with van der Waals surface area (Å²) >= 11 is 1.75. The number of furan rings is 1. The first kappa shape index (κ1) is 28.8. The van der Waals surface area contributed by atoms with Gasteiger partial charge in [0.15, 0.2) is 5.82 Å². The highest BCUT2D eigenvalue weighted by Gasteiger charge is 2.24. The van der Waals surface area contributed by atoms with Crippen LogP contribution in [0.5, 0.6) is 0 Å². The Morgan fingerprint density at radius 2 is 1.17 bits per heavy atom. The van der Waals surface area contributed by atoms with Gasteiger partial charge in [-0.15, -0.1) is 11.3 Å². The Bertz CT molecular complexity index is 3460. The Kier molecular flexibility index (Phi) is 5.90. The third kappa shape index (κ3) is 4.17. The predicted octanol–water partition coefficient (Wildman–Crippen LogP) is 13.5. The molecule has 53 heavy (non-hydrogen) atoms. The van der Waals surface area contributed by atoms with Crippen molar-refractivity contribution >= 4 is 96.9 Å². The highest BCUT2D eigenvalue weighted by Crippen LogP contribution is 2.45. The highest BCUT2D eigenvalue weighted by molar-refractivity contribution is 7.26. The molecule has 12 rings (SSSR count). The van der Waals surface area contributed by atoms with Gasteiger partial charge < -0.3 is 8.98 Å². The summed E-state index contributed by atoms with van der Waals surface area (Å²) in [6.07, 6.45) is 0. The lowest BCUT2D eigenvalue weighted by molar-refractivity contribution is 0.670. The van der Waals surface area contributed by atoms with E-state index in [4.69, 9.17) is 14.4 Å². The van der Waals surface area contributed by atoms with E-state index in [0.717, 1.165) is 76.5 Å². The Labute approximate surface area is 306 Å². The molecule has 0 amide bonds. The van der Waals surface area contributed by atoms with Gasteiger partial charge in [-0.3, -0.25) is 0 Å². The van der Waals surface area contributed by atoms with Crippen LogP contribution in [0.4, 0.5) is 0 Å². The summed E-state index contributed by atoms with van der Waals surface area (Å²) in [4.78, 5) is 10.7. The van der Waals surface area contributed by atoms with E-state index in [2.05, 4.69) is 162 Å². The molecule has 0 saturated carbocycles. The molecule has 8 aromatic carbocycles. The fraction of sp³-hybridized carbons (Fsp3) is 0. The van der Waals surface area contributed by atoms with E-state index < -0.39 is 0 Å². The fourth-order valence-corrected chi connectivity index (χ4v) is 9.48. The van der Waals surface area contributed by atoms with E-state index in [9.17, 15) is 0 Å². The lowest BCUT2D eigenvalue weighted by atomic mass is 10.0. The molecule has 0 aliphatic rings. The van der Waals surface area contributed by atoms with E-state index in [1.54, 1.807) is 11.3 Å². The minimum atomic E-state index is 0.647. The molecule has 0 radical (unpaired) electrons. The van der Waals surface area contributed by atoms with Gasteiger partial charge in [-0.2, -0.15) is 0 Å². The molecular weight excluding hydrogens is 667 g/mol. The van der Waals surface area contributed by atoms with Crippen LogP contribution in [-0.4, -0.2) is 14.5 Å². The van der Waals surface area contributed by atoms with Gasteiger partial charge in [0.1, 0.15) is 11.2 Å². The summed E-state index contributed by atoms with van der Waals surface area (Å²) in [6.45, 7) is 0. The van der Waals surface area contributed by atoms with Gasteiger partial charge >= 0.3 is 0 Å². The van der Waals surface area contributed by atoms with E-state index in [1.807, 2.05) is 6.07 Å². The number of fused-ring (bicyclic) bond motifs is 11. The van der Waals surface area contributed by atoms with Crippen LogP contribution in [-0.2, 0) is 0 Å². The summed E-state index contributed by atoms with van der Waals surface area (Å²) in [5.41, 5.74) is 8.80. The van der Waals surface area contributed by atoms with Gasteiger partial charge in [-0.1, -0.05) is 115 Å². The number of nitrogens with zero attached hydrogens (tertiary/aromatic N) is 3. The second-order valence-electron chi connectivity index (χ2n) is 13.7. The zero-order valence-electron chi connectivity index (χ0n) is 28.2. The molecular formula is C48H27N3OS. The third-order valence-corrected chi connectivity index (χ3v) is 11.9. The molecule has 0 atom stereocenters. The normalized spacial score (nSPS) is 12.2. The van der Waals surface area contributed by atoms with Crippen molar-refractivity contribution in [2.45, 2.75) is 0 Å². The van der Waals surface area contributed by atoms with Gasteiger partial charge in [-0.05, 0) is 70.1 Å². The number of hydrogen-bond acceptors (Lipinski definition) is 4. The van der Waals surface area contributed by atoms with Crippen LogP contribution in [0, 0.1) is 0 Å². The molecule has 12 aromatic rings. The summed E-state index contributed by atoms with van der Waals surface area (Å²) in [6, 6.07) is 58.3. The van der Waals surface area contributed by atoms with E-state index >= 15 is 0 Å². The molecule has 0 unspecified atom stereocenters. The molecule has 5 heteroatoms. The number of rotatable bonds is 3. The molecule has 0 saturated heterocycles. The maximum absolute atomic E-state index is 7.02. The molecule has 0 fully saturated rings. The third-order valence-electron chi connectivity index (χ3n) is 10.8. The smallest absolute Gasteiger partial charge is 0.164 e. The van der Waals surface area contributed by atoms with Crippen molar-refractivity contribution < 1.29 is 4.42 Å². The number of thiophene rings is 1. The quantitative estimate of drug-likeness (QED) is 0.185. The topological polar surface area (TPSA) is 43.9 Å². The SMILES string of the molecule is c1ccc(-c2nc(-c3ccc(-n4c5ccccc5c5cc6ccccc6cc54)c4c3oc3cc5ccccc5cc34)nc3c2sc2ccccc23)cc1. The van der Waals surface area contributed by atoms with Crippen molar-refractivity contribution in [1.82, 2.24) is 14.5 Å². The van der Waals surface area contributed by atoms with Crippen molar-refractivity contribution in [3.05, 3.63) is 164 Å². The van der Waals surface area contributed by atoms with E-state index in [0.29, 0.717) is 5.82 Å². The Morgan fingerprint density at radius 1 is 0.509 bits per heavy atom. The van der Waals surface area contributed by atoms with Crippen molar-refractivity contribution in [1.29, 1.82) is 0 Å². The maximum Gasteiger partial charge on any atom is 0.164 e. The Hall–Kier alpha value is -6.82. The van der Waals surface area contributed by atoms with Crippen LogP contribution in [0.15, 0.2) is 168 Å². The first-order valence-electron chi connectivity index (χ1n) is 17.8.